The Labute approximate surface area is 128 Å². The molecule has 0 saturated heterocycles. The fourth-order valence-electron chi connectivity index (χ4n) is 2.02. The Kier molecular flexibility index (Phi) is 3.94. The number of rotatable bonds is 5. The second-order valence-electron chi connectivity index (χ2n) is 4.38. The summed E-state index contributed by atoms with van der Waals surface area (Å²) in [5.74, 6) is -1.30. The predicted molar refractivity (Wildman–Crippen MR) is 81.5 cm³/mol. The number of thiophene rings is 1. The van der Waals surface area contributed by atoms with Gasteiger partial charge in [-0.1, -0.05) is 17.8 Å². The van der Waals surface area contributed by atoms with E-state index < -0.39 is 5.97 Å². The highest BCUT2D eigenvalue weighted by molar-refractivity contribution is 7.99. The molecule has 0 fully saturated rings. The van der Waals surface area contributed by atoms with Crippen molar-refractivity contribution < 1.29 is 14.3 Å². The van der Waals surface area contributed by atoms with E-state index in [1.165, 1.54) is 12.1 Å². The summed E-state index contributed by atoms with van der Waals surface area (Å²) in [4.78, 5) is 16.3. The minimum absolute atomic E-state index is 0.0732. The Morgan fingerprint density at radius 3 is 3.00 bits per heavy atom. The van der Waals surface area contributed by atoms with E-state index in [4.69, 9.17) is 5.11 Å². The lowest BCUT2D eigenvalue weighted by Crippen LogP contribution is -2.03. The summed E-state index contributed by atoms with van der Waals surface area (Å²) in [5.41, 5.74) is 1.34. The highest BCUT2D eigenvalue weighted by Gasteiger charge is 2.14. The summed E-state index contributed by atoms with van der Waals surface area (Å²) in [6.07, 6.45) is 0. The van der Waals surface area contributed by atoms with Gasteiger partial charge in [-0.3, -0.25) is 4.79 Å². The summed E-state index contributed by atoms with van der Waals surface area (Å²) in [6.45, 7) is 0.555. The number of aliphatic carboxylic acids is 1. The van der Waals surface area contributed by atoms with Crippen LogP contribution in [0.1, 0.15) is 4.88 Å². The van der Waals surface area contributed by atoms with Crippen molar-refractivity contribution in [1.29, 1.82) is 0 Å². The van der Waals surface area contributed by atoms with Gasteiger partial charge in [-0.2, -0.15) is 0 Å². The van der Waals surface area contributed by atoms with Crippen molar-refractivity contribution >= 4 is 40.1 Å². The summed E-state index contributed by atoms with van der Waals surface area (Å²) < 4.78 is 15.3. The first-order valence-corrected chi connectivity index (χ1v) is 8.03. The van der Waals surface area contributed by atoms with Crippen molar-refractivity contribution in [3.63, 3.8) is 0 Å². The monoisotopic (exact) mass is 322 g/mol. The van der Waals surface area contributed by atoms with Gasteiger partial charge in [-0.05, 0) is 29.6 Å². The molecule has 2 aromatic heterocycles. The molecule has 0 unspecified atom stereocenters. The van der Waals surface area contributed by atoms with E-state index >= 15 is 0 Å². The van der Waals surface area contributed by atoms with Gasteiger partial charge in [0.25, 0.3) is 0 Å². The third-order valence-electron chi connectivity index (χ3n) is 2.89. The summed E-state index contributed by atoms with van der Waals surface area (Å²) in [5, 5.41) is 11.4. The van der Waals surface area contributed by atoms with E-state index in [1.54, 1.807) is 17.4 Å². The van der Waals surface area contributed by atoms with Gasteiger partial charge in [-0.25, -0.2) is 9.37 Å². The van der Waals surface area contributed by atoms with Crippen LogP contribution in [-0.4, -0.2) is 26.4 Å². The van der Waals surface area contributed by atoms with Crippen molar-refractivity contribution in [2.45, 2.75) is 11.7 Å². The lowest BCUT2D eigenvalue weighted by Gasteiger charge is -2.06. The van der Waals surface area contributed by atoms with E-state index in [1.807, 2.05) is 22.1 Å². The standard InChI is InChI=1S/C14H11FN2O2S2/c15-9-3-4-11-12(6-9)17(7-10-2-1-5-20-10)14(16-11)21-8-13(18)19/h1-6H,7-8H2,(H,18,19). The van der Waals surface area contributed by atoms with Gasteiger partial charge in [0.1, 0.15) is 5.82 Å². The maximum Gasteiger partial charge on any atom is 0.313 e. The molecule has 3 aromatic rings. The molecule has 0 aliphatic heterocycles. The van der Waals surface area contributed by atoms with Crippen LogP contribution in [0.2, 0.25) is 0 Å². The molecule has 1 N–H and O–H groups in total. The van der Waals surface area contributed by atoms with Crippen molar-refractivity contribution in [2.24, 2.45) is 0 Å². The fourth-order valence-corrected chi connectivity index (χ4v) is 3.45. The van der Waals surface area contributed by atoms with Gasteiger partial charge in [0, 0.05) is 4.88 Å². The van der Waals surface area contributed by atoms with Crippen LogP contribution >= 0.6 is 23.1 Å². The molecule has 4 nitrogen and oxygen atoms in total. The molecule has 0 radical (unpaired) electrons. The quantitative estimate of drug-likeness (QED) is 0.731. The third kappa shape index (κ3) is 3.08. The normalized spacial score (nSPS) is 11.1. The minimum Gasteiger partial charge on any atom is -0.481 e. The highest BCUT2D eigenvalue weighted by Crippen LogP contribution is 2.26. The number of halogens is 1. The molecule has 21 heavy (non-hydrogen) atoms. The first-order valence-electron chi connectivity index (χ1n) is 6.16. The number of hydrogen-bond donors (Lipinski definition) is 1. The number of carboxylic acid groups (broad SMARTS) is 1. The Balaban J connectivity index is 2.04. The molecule has 0 amide bonds. The molecule has 7 heteroatoms. The molecule has 2 heterocycles. The molecular weight excluding hydrogens is 311 g/mol. The third-order valence-corrected chi connectivity index (χ3v) is 4.72. The average Bonchev–Trinajstić information content (AvgIpc) is 3.06. The number of thioether (sulfide) groups is 1. The Morgan fingerprint density at radius 2 is 2.29 bits per heavy atom. The number of imidazole rings is 1. The first-order chi connectivity index (χ1) is 10.1. The van der Waals surface area contributed by atoms with Gasteiger partial charge in [-0.15, -0.1) is 11.3 Å². The maximum atomic E-state index is 13.5. The summed E-state index contributed by atoms with van der Waals surface area (Å²) >= 11 is 2.74. The number of fused-ring (bicyclic) bond motifs is 1. The molecule has 0 bridgehead atoms. The van der Waals surface area contributed by atoms with Crippen molar-refractivity contribution in [2.75, 3.05) is 5.75 Å². The van der Waals surface area contributed by atoms with E-state index in [-0.39, 0.29) is 11.6 Å². The number of benzene rings is 1. The second kappa shape index (κ2) is 5.87. The average molecular weight is 322 g/mol. The van der Waals surface area contributed by atoms with Crippen LogP contribution in [0.25, 0.3) is 11.0 Å². The number of carboxylic acids is 1. The van der Waals surface area contributed by atoms with Crippen LogP contribution in [0.4, 0.5) is 4.39 Å². The zero-order chi connectivity index (χ0) is 14.8. The largest absolute Gasteiger partial charge is 0.481 e. The number of carbonyl (C=O) groups is 1. The van der Waals surface area contributed by atoms with Crippen LogP contribution in [0.3, 0.4) is 0 Å². The summed E-state index contributed by atoms with van der Waals surface area (Å²) in [7, 11) is 0. The molecule has 0 aliphatic carbocycles. The Hall–Kier alpha value is -1.86. The van der Waals surface area contributed by atoms with Crippen LogP contribution in [0.5, 0.6) is 0 Å². The van der Waals surface area contributed by atoms with Gasteiger partial charge in [0.05, 0.1) is 23.3 Å². The molecule has 108 valence electrons. The topological polar surface area (TPSA) is 55.1 Å². The van der Waals surface area contributed by atoms with Crippen molar-refractivity contribution in [1.82, 2.24) is 9.55 Å². The zero-order valence-corrected chi connectivity index (χ0v) is 12.5. The molecule has 3 rings (SSSR count). The lowest BCUT2D eigenvalue weighted by atomic mass is 10.3. The minimum atomic E-state index is -0.902. The zero-order valence-electron chi connectivity index (χ0n) is 10.8. The fraction of sp³-hybridized carbons (Fsp3) is 0.143. The summed E-state index contributed by atoms with van der Waals surface area (Å²) in [6, 6.07) is 8.34. The number of nitrogens with zero attached hydrogens (tertiary/aromatic N) is 2. The lowest BCUT2D eigenvalue weighted by molar-refractivity contribution is -0.133. The van der Waals surface area contributed by atoms with Gasteiger partial charge in [0.2, 0.25) is 0 Å². The van der Waals surface area contributed by atoms with Crippen LogP contribution < -0.4 is 0 Å². The SMILES string of the molecule is O=C(O)CSc1nc2ccc(F)cc2n1Cc1cccs1. The number of hydrogen-bond acceptors (Lipinski definition) is 4. The van der Waals surface area contributed by atoms with Gasteiger partial charge < -0.3 is 9.67 Å². The van der Waals surface area contributed by atoms with E-state index in [0.29, 0.717) is 22.7 Å². The Bertz CT molecular complexity index is 784. The van der Waals surface area contributed by atoms with Crippen molar-refractivity contribution in [3.05, 3.63) is 46.4 Å². The first kappa shape index (κ1) is 14.1. The molecule has 0 atom stereocenters. The van der Waals surface area contributed by atoms with Gasteiger partial charge in [0.15, 0.2) is 5.16 Å². The maximum absolute atomic E-state index is 13.5. The van der Waals surface area contributed by atoms with Crippen LogP contribution in [0, 0.1) is 5.82 Å². The van der Waals surface area contributed by atoms with Crippen molar-refractivity contribution in [3.8, 4) is 0 Å². The number of aromatic nitrogens is 2. The van der Waals surface area contributed by atoms with E-state index in [9.17, 15) is 9.18 Å². The van der Waals surface area contributed by atoms with E-state index in [2.05, 4.69) is 4.98 Å². The molecule has 1 aromatic carbocycles. The molecule has 0 spiro atoms. The van der Waals surface area contributed by atoms with Crippen LogP contribution in [-0.2, 0) is 11.3 Å². The molecule has 0 aliphatic rings. The van der Waals surface area contributed by atoms with Gasteiger partial charge >= 0.3 is 5.97 Å². The predicted octanol–water partition coefficient (Wildman–Crippen LogP) is 3.46. The smallest absolute Gasteiger partial charge is 0.313 e. The van der Waals surface area contributed by atoms with Crippen LogP contribution in [0.15, 0.2) is 40.9 Å². The second-order valence-corrected chi connectivity index (χ2v) is 6.35. The highest BCUT2D eigenvalue weighted by atomic mass is 32.2. The van der Waals surface area contributed by atoms with E-state index in [0.717, 1.165) is 16.6 Å². The Morgan fingerprint density at radius 1 is 1.43 bits per heavy atom. The molecule has 0 saturated carbocycles. The molecular formula is C14H11FN2O2S2.